The van der Waals surface area contributed by atoms with Crippen LogP contribution in [0, 0.1) is 6.92 Å². The summed E-state index contributed by atoms with van der Waals surface area (Å²) >= 11 is 5.92. The highest BCUT2D eigenvalue weighted by Gasteiger charge is 2.01. The Bertz CT molecular complexity index is 473. The van der Waals surface area contributed by atoms with E-state index in [4.69, 9.17) is 21.1 Å². The molecule has 0 fully saturated rings. The highest BCUT2D eigenvalue weighted by atomic mass is 127. The smallest absolute Gasteiger partial charge is 0.190 e. The van der Waals surface area contributed by atoms with Crippen molar-refractivity contribution < 1.29 is 9.47 Å². The fraction of sp³-hybridized carbons (Fsp3) is 0.562. The second-order valence-corrected chi connectivity index (χ2v) is 5.32. The molecule has 0 saturated carbocycles. The molecule has 0 aliphatic rings. The highest BCUT2D eigenvalue weighted by Crippen LogP contribution is 2.21. The normalized spacial score (nSPS) is 10.9. The van der Waals surface area contributed by atoms with Gasteiger partial charge in [-0.3, -0.25) is 4.99 Å². The molecule has 1 rings (SSSR count). The summed E-state index contributed by atoms with van der Waals surface area (Å²) in [5.74, 6) is 1.69. The minimum absolute atomic E-state index is 0. The Morgan fingerprint density at radius 3 is 2.39 bits per heavy atom. The fourth-order valence-electron chi connectivity index (χ4n) is 1.88. The maximum atomic E-state index is 5.92. The molecule has 0 aliphatic carbocycles. The van der Waals surface area contributed by atoms with Crippen LogP contribution in [0.15, 0.2) is 23.2 Å². The van der Waals surface area contributed by atoms with E-state index in [0.29, 0.717) is 6.61 Å². The minimum atomic E-state index is 0. The van der Waals surface area contributed by atoms with Crippen LogP contribution in [0.1, 0.15) is 18.4 Å². The zero-order valence-corrected chi connectivity index (χ0v) is 17.1. The summed E-state index contributed by atoms with van der Waals surface area (Å²) in [5, 5.41) is 7.22. The van der Waals surface area contributed by atoms with Crippen LogP contribution in [0.4, 0.5) is 0 Å². The molecule has 5 nitrogen and oxygen atoms in total. The third-order valence-corrected chi connectivity index (χ3v) is 3.28. The van der Waals surface area contributed by atoms with E-state index in [1.54, 1.807) is 14.2 Å². The quantitative estimate of drug-likeness (QED) is 0.260. The van der Waals surface area contributed by atoms with E-state index in [-0.39, 0.29) is 24.0 Å². The summed E-state index contributed by atoms with van der Waals surface area (Å²) in [6.07, 6.45) is 1.84. The number of halogens is 2. The summed E-state index contributed by atoms with van der Waals surface area (Å²) in [4.78, 5) is 4.16. The van der Waals surface area contributed by atoms with E-state index in [1.165, 1.54) is 0 Å². The van der Waals surface area contributed by atoms with Crippen LogP contribution >= 0.6 is 35.6 Å². The van der Waals surface area contributed by atoms with Crippen molar-refractivity contribution in [2.45, 2.75) is 19.8 Å². The molecule has 0 spiro atoms. The molecule has 1 aromatic rings. The number of hydrogen-bond acceptors (Lipinski definition) is 3. The molecule has 0 aliphatic heterocycles. The Kier molecular flexibility index (Phi) is 13.3. The van der Waals surface area contributed by atoms with Gasteiger partial charge in [-0.05, 0) is 43.5 Å². The zero-order valence-electron chi connectivity index (χ0n) is 14.0. The van der Waals surface area contributed by atoms with Crippen molar-refractivity contribution in [3.63, 3.8) is 0 Å². The molecule has 132 valence electrons. The maximum absolute atomic E-state index is 5.92. The Balaban J connectivity index is 0.00000484. The van der Waals surface area contributed by atoms with E-state index in [0.717, 1.165) is 54.8 Å². The standard InChI is InChI=1S/C16H26ClN3O2.HI/c1-13-12-14(17)6-7-15(13)22-11-5-9-20-16(18-2)19-8-4-10-21-3;/h6-7,12H,4-5,8-11H2,1-3H3,(H2,18,19,20);1H. The predicted molar refractivity (Wildman–Crippen MR) is 108 cm³/mol. The third-order valence-electron chi connectivity index (χ3n) is 3.05. The summed E-state index contributed by atoms with van der Waals surface area (Å²) in [5.41, 5.74) is 1.05. The second kappa shape index (κ2) is 13.7. The van der Waals surface area contributed by atoms with Crippen molar-refractivity contribution in [2.24, 2.45) is 4.99 Å². The monoisotopic (exact) mass is 455 g/mol. The van der Waals surface area contributed by atoms with Crippen molar-refractivity contribution in [1.29, 1.82) is 0 Å². The van der Waals surface area contributed by atoms with Crippen molar-refractivity contribution in [2.75, 3.05) is 40.5 Å². The number of nitrogens with zero attached hydrogens (tertiary/aromatic N) is 1. The van der Waals surface area contributed by atoms with Crippen LogP contribution < -0.4 is 15.4 Å². The first-order valence-corrected chi connectivity index (χ1v) is 7.87. The molecule has 0 unspecified atom stereocenters. The highest BCUT2D eigenvalue weighted by molar-refractivity contribution is 14.0. The summed E-state index contributed by atoms with van der Waals surface area (Å²) in [6.45, 7) is 5.03. The van der Waals surface area contributed by atoms with Gasteiger partial charge in [-0.2, -0.15) is 0 Å². The molecule has 0 bridgehead atoms. The Labute approximate surface area is 161 Å². The van der Waals surface area contributed by atoms with Crippen molar-refractivity contribution in [3.05, 3.63) is 28.8 Å². The van der Waals surface area contributed by atoms with Crippen molar-refractivity contribution in [3.8, 4) is 5.75 Å². The molecular formula is C16H27ClIN3O2. The zero-order chi connectivity index (χ0) is 16.2. The molecule has 0 atom stereocenters. The van der Waals surface area contributed by atoms with E-state index in [9.17, 15) is 0 Å². The number of ether oxygens (including phenoxy) is 2. The number of aliphatic imine (C=N–C) groups is 1. The molecule has 0 aromatic heterocycles. The van der Waals surface area contributed by atoms with Gasteiger partial charge in [0.1, 0.15) is 5.75 Å². The fourth-order valence-corrected chi connectivity index (χ4v) is 2.11. The van der Waals surface area contributed by atoms with Gasteiger partial charge in [-0.25, -0.2) is 0 Å². The second-order valence-electron chi connectivity index (χ2n) is 4.88. The molecule has 23 heavy (non-hydrogen) atoms. The number of rotatable bonds is 9. The lowest BCUT2D eigenvalue weighted by Gasteiger charge is -2.12. The van der Waals surface area contributed by atoms with Crippen LogP contribution in [0.3, 0.4) is 0 Å². The molecule has 1 aromatic carbocycles. The Hall–Kier alpha value is -0.730. The number of methoxy groups -OCH3 is 1. The number of hydrogen-bond donors (Lipinski definition) is 2. The molecule has 0 saturated heterocycles. The summed E-state index contributed by atoms with van der Waals surface area (Å²) in [6, 6.07) is 5.65. The third kappa shape index (κ3) is 9.88. The van der Waals surface area contributed by atoms with Gasteiger partial charge in [0.2, 0.25) is 0 Å². The van der Waals surface area contributed by atoms with Crippen molar-refractivity contribution >= 4 is 41.5 Å². The van der Waals surface area contributed by atoms with Gasteiger partial charge in [0, 0.05) is 38.9 Å². The van der Waals surface area contributed by atoms with Gasteiger partial charge in [-0.15, -0.1) is 24.0 Å². The van der Waals surface area contributed by atoms with Gasteiger partial charge in [0.15, 0.2) is 5.96 Å². The molecule has 0 radical (unpaired) electrons. The van der Waals surface area contributed by atoms with Crippen LogP contribution in [-0.2, 0) is 4.74 Å². The minimum Gasteiger partial charge on any atom is -0.493 e. The summed E-state index contributed by atoms with van der Waals surface area (Å²) in [7, 11) is 3.47. The maximum Gasteiger partial charge on any atom is 0.190 e. The van der Waals surface area contributed by atoms with Gasteiger partial charge in [-0.1, -0.05) is 11.6 Å². The van der Waals surface area contributed by atoms with E-state index >= 15 is 0 Å². The summed E-state index contributed by atoms with van der Waals surface area (Å²) < 4.78 is 10.7. The van der Waals surface area contributed by atoms with Crippen LogP contribution in [0.25, 0.3) is 0 Å². The first-order valence-electron chi connectivity index (χ1n) is 7.49. The number of nitrogens with one attached hydrogen (secondary N) is 2. The lowest BCUT2D eigenvalue weighted by atomic mass is 10.2. The topological polar surface area (TPSA) is 54.9 Å². The molecule has 2 N–H and O–H groups in total. The first-order chi connectivity index (χ1) is 10.7. The van der Waals surface area contributed by atoms with Crippen molar-refractivity contribution in [1.82, 2.24) is 10.6 Å². The van der Waals surface area contributed by atoms with Gasteiger partial charge >= 0.3 is 0 Å². The van der Waals surface area contributed by atoms with Crippen LogP contribution in [0.2, 0.25) is 5.02 Å². The van der Waals surface area contributed by atoms with Gasteiger partial charge in [0.25, 0.3) is 0 Å². The van der Waals surface area contributed by atoms with E-state index in [1.807, 2.05) is 25.1 Å². The predicted octanol–water partition coefficient (Wildman–Crippen LogP) is 3.24. The van der Waals surface area contributed by atoms with E-state index < -0.39 is 0 Å². The van der Waals surface area contributed by atoms with Gasteiger partial charge in [0.05, 0.1) is 6.61 Å². The molecule has 0 heterocycles. The molecular weight excluding hydrogens is 429 g/mol. The van der Waals surface area contributed by atoms with Crippen LogP contribution in [0.5, 0.6) is 5.75 Å². The molecule has 7 heteroatoms. The first kappa shape index (κ1) is 22.3. The average Bonchev–Trinajstić information content (AvgIpc) is 2.51. The Morgan fingerprint density at radius 1 is 1.17 bits per heavy atom. The number of aryl methyl sites for hydroxylation is 1. The largest absolute Gasteiger partial charge is 0.493 e. The average molecular weight is 456 g/mol. The lowest BCUT2D eigenvalue weighted by Crippen LogP contribution is -2.38. The number of guanidine groups is 1. The molecule has 0 amide bonds. The lowest BCUT2D eigenvalue weighted by molar-refractivity contribution is 0.195. The van der Waals surface area contributed by atoms with Crippen LogP contribution in [-0.4, -0.2) is 46.4 Å². The van der Waals surface area contributed by atoms with Gasteiger partial charge < -0.3 is 20.1 Å². The Morgan fingerprint density at radius 2 is 1.83 bits per heavy atom. The van der Waals surface area contributed by atoms with E-state index in [2.05, 4.69) is 15.6 Å². The number of benzene rings is 1. The SMILES string of the molecule is CN=C(NCCCOC)NCCCOc1ccc(Cl)cc1C.I.